The number of amides is 1. The maximum Gasteiger partial charge on any atom is 0.258 e. The van der Waals surface area contributed by atoms with Gasteiger partial charge < -0.3 is 22.1 Å². The first-order chi connectivity index (χ1) is 16.3. The molecule has 1 fully saturated rings. The lowest BCUT2D eigenvalue weighted by Gasteiger charge is -2.31. The van der Waals surface area contributed by atoms with E-state index in [1.807, 2.05) is 6.92 Å². The Kier molecular flexibility index (Phi) is 8.41. The highest BCUT2D eigenvalue weighted by molar-refractivity contribution is 6.34. The van der Waals surface area contributed by atoms with Crippen molar-refractivity contribution in [1.29, 1.82) is 0 Å². The van der Waals surface area contributed by atoms with Gasteiger partial charge in [0.1, 0.15) is 12.1 Å². The zero-order valence-electron chi connectivity index (χ0n) is 19.2. The molecule has 180 valence electrons. The van der Waals surface area contributed by atoms with E-state index in [9.17, 15) is 4.79 Å². The predicted molar refractivity (Wildman–Crippen MR) is 134 cm³/mol. The van der Waals surface area contributed by atoms with Gasteiger partial charge >= 0.3 is 0 Å². The number of nitrogens with zero attached hydrogens (tertiary/aromatic N) is 3. The third kappa shape index (κ3) is 5.46. The van der Waals surface area contributed by atoms with Crippen LogP contribution in [0.25, 0.3) is 16.8 Å². The molecule has 2 heterocycles. The average molecular weight is 485 g/mol. The fourth-order valence-electron chi connectivity index (χ4n) is 4.08. The van der Waals surface area contributed by atoms with E-state index in [1.165, 1.54) is 18.6 Å². The van der Waals surface area contributed by atoms with Gasteiger partial charge in [-0.2, -0.15) is 0 Å². The summed E-state index contributed by atoms with van der Waals surface area (Å²) in [5.41, 5.74) is 20.3. The normalized spacial score (nSPS) is 15.2. The van der Waals surface area contributed by atoms with Crippen molar-refractivity contribution in [3.8, 4) is 11.3 Å². The Bertz CT molecular complexity index is 1120. The van der Waals surface area contributed by atoms with E-state index in [1.54, 1.807) is 23.1 Å². The molecule has 0 aliphatic carbocycles. The summed E-state index contributed by atoms with van der Waals surface area (Å²) in [5.74, 6) is -0.750. The Labute approximate surface area is 204 Å². The second kappa shape index (κ2) is 11.3. The molecule has 1 amide bonds. The molecule has 2 aromatic rings. The van der Waals surface area contributed by atoms with Gasteiger partial charge in [0.05, 0.1) is 22.0 Å². The number of hydrogen-bond donors (Lipinski definition) is 3. The van der Waals surface area contributed by atoms with Crippen LogP contribution in [0, 0.1) is 11.7 Å². The molecule has 0 radical (unpaired) electrons. The number of halogens is 2. The van der Waals surface area contributed by atoms with Gasteiger partial charge in [0.15, 0.2) is 0 Å². The van der Waals surface area contributed by atoms with E-state index in [-0.39, 0.29) is 10.6 Å². The minimum Gasteiger partial charge on any atom is -0.404 e. The molecule has 0 bridgehead atoms. The van der Waals surface area contributed by atoms with Gasteiger partial charge in [0.25, 0.3) is 5.91 Å². The summed E-state index contributed by atoms with van der Waals surface area (Å²) in [6.45, 7) is 7.24. The van der Waals surface area contributed by atoms with Crippen molar-refractivity contribution in [2.24, 2.45) is 23.1 Å². The highest BCUT2D eigenvalue weighted by Crippen LogP contribution is 2.34. The number of carbonyl (C=O) groups excluding carboxylic acids is 1. The van der Waals surface area contributed by atoms with Crippen molar-refractivity contribution in [3.05, 3.63) is 76.7 Å². The molecule has 3 rings (SSSR count). The molecule has 0 unspecified atom stereocenters. The van der Waals surface area contributed by atoms with Crippen molar-refractivity contribution in [2.45, 2.75) is 26.2 Å². The predicted octanol–water partition coefficient (Wildman–Crippen LogP) is 3.64. The number of benzene rings is 1. The fraction of sp³-hybridized carbons (Fsp3) is 0.320. The summed E-state index contributed by atoms with van der Waals surface area (Å²) in [5, 5.41) is 0.0210. The first-order valence-electron chi connectivity index (χ1n) is 11.2. The standard InChI is InChI=1S/C25H30ClFN6O/c1-3-21-22(17(13-29)5-4-15(2)30)24(32-14-31-21)18-10-19(26)23(20(27)11-18)25(34)33-8-6-16(12-28)7-9-33/h4-5,10-11,13-14,16H,2-3,6-9,12,28-30H2,1H3/b5-4-,17-13+. The third-order valence-electron chi connectivity index (χ3n) is 5.97. The molecule has 1 aromatic heterocycles. The number of nitrogens with two attached hydrogens (primary N) is 3. The van der Waals surface area contributed by atoms with Gasteiger partial charge in [0.2, 0.25) is 0 Å². The van der Waals surface area contributed by atoms with E-state index in [4.69, 9.17) is 28.8 Å². The molecule has 1 aliphatic heterocycles. The van der Waals surface area contributed by atoms with Crippen LogP contribution >= 0.6 is 11.6 Å². The van der Waals surface area contributed by atoms with Crippen LogP contribution in [0.1, 0.15) is 41.4 Å². The number of carbonyl (C=O) groups is 1. The summed E-state index contributed by atoms with van der Waals surface area (Å²) in [6.07, 6.45) is 8.29. The minimum absolute atomic E-state index is 0.0210. The van der Waals surface area contributed by atoms with Crippen LogP contribution in [0.2, 0.25) is 5.02 Å². The molecule has 7 nitrogen and oxygen atoms in total. The monoisotopic (exact) mass is 484 g/mol. The van der Waals surface area contributed by atoms with E-state index in [2.05, 4.69) is 16.5 Å². The number of piperidine rings is 1. The van der Waals surface area contributed by atoms with Gasteiger partial charge in [-0.1, -0.05) is 31.2 Å². The van der Waals surface area contributed by atoms with Gasteiger partial charge in [-0.25, -0.2) is 14.4 Å². The topological polar surface area (TPSA) is 124 Å². The van der Waals surface area contributed by atoms with Crippen molar-refractivity contribution in [2.75, 3.05) is 19.6 Å². The number of rotatable bonds is 7. The smallest absolute Gasteiger partial charge is 0.258 e. The Morgan fingerprint density at radius 1 is 1.26 bits per heavy atom. The first-order valence-corrected chi connectivity index (χ1v) is 11.6. The zero-order chi connectivity index (χ0) is 24.8. The Hall–Kier alpha value is -3.23. The second-order valence-corrected chi connectivity index (χ2v) is 8.62. The lowest BCUT2D eigenvalue weighted by atomic mass is 9.95. The van der Waals surface area contributed by atoms with Crippen molar-refractivity contribution >= 4 is 23.1 Å². The summed E-state index contributed by atoms with van der Waals surface area (Å²) < 4.78 is 15.3. The highest BCUT2D eigenvalue weighted by Gasteiger charge is 2.27. The fourth-order valence-corrected chi connectivity index (χ4v) is 4.36. The molecule has 0 atom stereocenters. The second-order valence-electron chi connectivity index (χ2n) is 8.21. The van der Waals surface area contributed by atoms with Crippen molar-refractivity contribution < 1.29 is 9.18 Å². The Morgan fingerprint density at radius 3 is 2.53 bits per heavy atom. The van der Waals surface area contributed by atoms with Crippen LogP contribution in [0.3, 0.4) is 0 Å². The molecule has 1 aromatic carbocycles. The summed E-state index contributed by atoms with van der Waals surface area (Å²) in [6, 6.07) is 2.83. The van der Waals surface area contributed by atoms with E-state index in [0.717, 1.165) is 12.8 Å². The molecule has 6 N–H and O–H groups in total. The molecular formula is C25H30ClFN6O. The Balaban J connectivity index is 2.04. The molecule has 34 heavy (non-hydrogen) atoms. The lowest BCUT2D eigenvalue weighted by molar-refractivity contribution is 0.0689. The van der Waals surface area contributed by atoms with Crippen molar-refractivity contribution in [1.82, 2.24) is 14.9 Å². The summed E-state index contributed by atoms with van der Waals surface area (Å²) >= 11 is 6.46. The van der Waals surface area contributed by atoms with Crippen molar-refractivity contribution in [3.63, 3.8) is 0 Å². The molecule has 1 saturated heterocycles. The lowest BCUT2D eigenvalue weighted by Crippen LogP contribution is -2.40. The van der Waals surface area contributed by atoms with Gasteiger partial charge in [-0.05, 0) is 49.9 Å². The maximum absolute atomic E-state index is 15.3. The maximum atomic E-state index is 15.3. The van der Waals surface area contributed by atoms with Gasteiger partial charge in [0, 0.05) is 41.7 Å². The third-order valence-corrected chi connectivity index (χ3v) is 6.27. The zero-order valence-corrected chi connectivity index (χ0v) is 20.0. The van der Waals surface area contributed by atoms with Crippen LogP contribution in [-0.4, -0.2) is 40.4 Å². The minimum atomic E-state index is -0.708. The number of likely N-dealkylation sites (tertiary alicyclic amines) is 1. The number of hydrogen-bond acceptors (Lipinski definition) is 6. The number of allylic oxidation sites excluding steroid dienone is 3. The van der Waals surface area contributed by atoms with Crippen LogP contribution in [0.5, 0.6) is 0 Å². The highest BCUT2D eigenvalue weighted by atomic mass is 35.5. The van der Waals surface area contributed by atoms with E-state index >= 15 is 4.39 Å². The first kappa shape index (κ1) is 25.4. The average Bonchev–Trinajstić information content (AvgIpc) is 2.83. The van der Waals surface area contributed by atoms with Crippen LogP contribution in [-0.2, 0) is 6.42 Å². The molecule has 0 spiro atoms. The number of aromatic nitrogens is 2. The van der Waals surface area contributed by atoms with Gasteiger partial charge in [-0.15, -0.1) is 0 Å². The molecule has 9 heteroatoms. The summed E-state index contributed by atoms with van der Waals surface area (Å²) in [4.78, 5) is 23.4. The largest absolute Gasteiger partial charge is 0.404 e. The van der Waals surface area contributed by atoms with E-state index < -0.39 is 11.7 Å². The van der Waals surface area contributed by atoms with Crippen LogP contribution in [0.4, 0.5) is 4.39 Å². The Morgan fingerprint density at radius 2 is 1.97 bits per heavy atom. The van der Waals surface area contributed by atoms with Crippen LogP contribution < -0.4 is 17.2 Å². The molecule has 0 saturated carbocycles. The molecule has 1 aliphatic rings. The van der Waals surface area contributed by atoms with Gasteiger partial charge in [-0.3, -0.25) is 4.79 Å². The summed E-state index contributed by atoms with van der Waals surface area (Å²) in [7, 11) is 0. The van der Waals surface area contributed by atoms with Crippen LogP contribution in [0.15, 0.2) is 49.1 Å². The number of aryl methyl sites for hydroxylation is 1. The SMILES string of the molecule is C=C(N)/C=C\C(=C/N)c1c(CC)ncnc1-c1cc(F)c(C(=O)N2CCC(CN)CC2)c(Cl)c1. The molecular weight excluding hydrogens is 455 g/mol. The van der Waals surface area contributed by atoms with E-state index in [0.29, 0.717) is 65.8 Å². The quantitative estimate of drug-likeness (QED) is 0.515.